The summed E-state index contributed by atoms with van der Waals surface area (Å²) in [4.78, 5) is 2.36. The van der Waals surface area contributed by atoms with E-state index in [2.05, 4.69) is 16.7 Å². The standard InChI is InChI=1S/C16H21NO3/c1-19-16-6-5-14(4-2-3-9-18)15(12-16)13-17-7-10-20-11-8-17/h5-6,12,18H,3,7-11,13H2,1H3. The molecule has 4 heteroatoms. The number of aliphatic hydroxyl groups excluding tert-OH is 1. The second-order valence-electron chi connectivity index (χ2n) is 4.69. The Morgan fingerprint density at radius 2 is 2.15 bits per heavy atom. The van der Waals surface area contributed by atoms with E-state index in [-0.39, 0.29) is 6.61 Å². The van der Waals surface area contributed by atoms with Gasteiger partial charge in [0.15, 0.2) is 0 Å². The Hall–Kier alpha value is -1.54. The fraction of sp³-hybridized carbons (Fsp3) is 0.500. The zero-order valence-corrected chi connectivity index (χ0v) is 11.9. The number of aliphatic hydroxyl groups is 1. The number of morpholine rings is 1. The lowest BCUT2D eigenvalue weighted by Crippen LogP contribution is -2.35. The minimum atomic E-state index is 0.0992. The summed E-state index contributed by atoms with van der Waals surface area (Å²) >= 11 is 0. The Kier molecular flexibility index (Phi) is 5.87. The number of rotatable bonds is 4. The van der Waals surface area contributed by atoms with Crippen LogP contribution in [0.2, 0.25) is 0 Å². The van der Waals surface area contributed by atoms with E-state index < -0.39 is 0 Å². The summed E-state index contributed by atoms with van der Waals surface area (Å²) in [7, 11) is 1.67. The van der Waals surface area contributed by atoms with Gasteiger partial charge in [0, 0.05) is 31.6 Å². The third kappa shape index (κ3) is 4.24. The molecule has 1 aliphatic rings. The molecule has 1 heterocycles. The zero-order valence-electron chi connectivity index (χ0n) is 11.9. The van der Waals surface area contributed by atoms with Gasteiger partial charge < -0.3 is 14.6 Å². The van der Waals surface area contributed by atoms with Gasteiger partial charge in [-0.3, -0.25) is 4.90 Å². The van der Waals surface area contributed by atoms with Gasteiger partial charge in [-0.25, -0.2) is 0 Å². The largest absolute Gasteiger partial charge is 0.497 e. The predicted octanol–water partition coefficient (Wildman–Crippen LogP) is 1.26. The van der Waals surface area contributed by atoms with Crippen molar-refractivity contribution in [1.29, 1.82) is 0 Å². The molecule has 4 nitrogen and oxygen atoms in total. The van der Waals surface area contributed by atoms with Gasteiger partial charge in [0.25, 0.3) is 0 Å². The van der Waals surface area contributed by atoms with Crippen LogP contribution < -0.4 is 4.74 Å². The van der Waals surface area contributed by atoms with Crippen LogP contribution in [-0.4, -0.2) is 50.0 Å². The molecule has 0 unspecified atom stereocenters. The maximum absolute atomic E-state index is 8.81. The van der Waals surface area contributed by atoms with E-state index in [1.807, 2.05) is 18.2 Å². The first-order valence-corrected chi connectivity index (χ1v) is 6.90. The molecule has 1 saturated heterocycles. The first kappa shape index (κ1) is 14.9. The molecule has 0 amide bonds. The summed E-state index contributed by atoms with van der Waals surface area (Å²) in [6.07, 6.45) is 0.503. The van der Waals surface area contributed by atoms with Crippen molar-refractivity contribution in [2.75, 3.05) is 40.0 Å². The van der Waals surface area contributed by atoms with Crippen LogP contribution in [0.5, 0.6) is 5.75 Å². The molecule has 2 rings (SSSR count). The molecule has 0 spiro atoms. The van der Waals surface area contributed by atoms with Crippen LogP contribution >= 0.6 is 0 Å². The topological polar surface area (TPSA) is 41.9 Å². The van der Waals surface area contributed by atoms with E-state index in [0.717, 1.165) is 49.7 Å². The van der Waals surface area contributed by atoms with Crippen LogP contribution in [0, 0.1) is 11.8 Å². The van der Waals surface area contributed by atoms with E-state index in [0.29, 0.717) is 6.42 Å². The highest BCUT2D eigenvalue weighted by atomic mass is 16.5. The molecule has 1 aromatic carbocycles. The Morgan fingerprint density at radius 1 is 1.35 bits per heavy atom. The Morgan fingerprint density at radius 3 is 2.85 bits per heavy atom. The summed E-state index contributed by atoms with van der Waals surface area (Å²) in [6.45, 7) is 4.41. The molecule has 0 bridgehead atoms. The monoisotopic (exact) mass is 275 g/mol. The van der Waals surface area contributed by atoms with E-state index >= 15 is 0 Å². The highest BCUT2D eigenvalue weighted by molar-refractivity contribution is 5.45. The van der Waals surface area contributed by atoms with E-state index in [4.69, 9.17) is 14.6 Å². The van der Waals surface area contributed by atoms with E-state index in [1.54, 1.807) is 7.11 Å². The van der Waals surface area contributed by atoms with Crippen molar-refractivity contribution in [2.45, 2.75) is 13.0 Å². The Bertz CT molecular complexity index is 484. The number of nitrogens with zero attached hydrogens (tertiary/aromatic N) is 1. The second-order valence-corrected chi connectivity index (χ2v) is 4.69. The summed E-state index contributed by atoms with van der Waals surface area (Å²) in [5.74, 6) is 6.96. The molecule has 1 fully saturated rings. The summed E-state index contributed by atoms with van der Waals surface area (Å²) < 4.78 is 10.7. The summed E-state index contributed by atoms with van der Waals surface area (Å²) in [6, 6.07) is 5.95. The lowest BCUT2D eigenvalue weighted by atomic mass is 10.1. The smallest absolute Gasteiger partial charge is 0.119 e. The van der Waals surface area contributed by atoms with Crippen molar-refractivity contribution in [3.8, 4) is 17.6 Å². The molecule has 108 valence electrons. The van der Waals surface area contributed by atoms with Gasteiger partial charge in [-0.05, 0) is 23.8 Å². The van der Waals surface area contributed by atoms with Crippen molar-refractivity contribution in [2.24, 2.45) is 0 Å². The van der Waals surface area contributed by atoms with Gasteiger partial charge in [0.1, 0.15) is 5.75 Å². The molecule has 0 aliphatic carbocycles. The molecule has 1 N–H and O–H groups in total. The fourth-order valence-corrected chi connectivity index (χ4v) is 2.16. The van der Waals surface area contributed by atoms with Crippen LogP contribution in [-0.2, 0) is 11.3 Å². The van der Waals surface area contributed by atoms with Crippen molar-refractivity contribution < 1.29 is 14.6 Å². The lowest BCUT2D eigenvalue weighted by molar-refractivity contribution is 0.0341. The SMILES string of the molecule is COc1ccc(C#CCCO)c(CN2CCOCC2)c1. The maximum Gasteiger partial charge on any atom is 0.119 e. The van der Waals surface area contributed by atoms with Crippen LogP contribution in [0.3, 0.4) is 0 Å². The van der Waals surface area contributed by atoms with Gasteiger partial charge in [0.05, 0.1) is 26.9 Å². The van der Waals surface area contributed by atoms with E-state index in [1.165, 1.54) is 0 Å². The molecular weight excluding hydrogens is 254 g/mol. The number of benzene rings is 1. The maximum atomic E-state index is 8.81. The van der Waals surface area contributed by atoms with Gasteiger partial charge in [-0.15, -0.1) is 0 Å². The van der Waals surface area contributed by atoms with Gasteiger partial charge in [-0.2, -0.15) is 0 Å². The minimum Gasteiger partial charge on any atom is -0.497 e. The molecule has 20 heavy (non-hydrogen) atoms. The predicted molar refractivity (Wildman–Crippen MR) is 77.7 cm³/mol. The van der Waals surface area contributed by atoms with Gasteiger partial charge in [0.2, 0.25) is 0 Å². The Labute approximate surface area is 120 Å². The zero-order chi connectivity index (χ0) is 14.2. The summed E-state index contributed by atoms with van der Waals surface area (Å²) in [5, 5.41) is 8.81. The molecule has 0 saturated carbocycles. The van der Waals surface area contributed by atoms with E-state index in [9.17, 15) is 0 Å². The molecule has 1 aromatic rings. The number of ether oxygens (including phenoxy) is 2. The van der Waals surface area contributed by atoms with Crippen LogP contribution in [0.4, 0.5) is 0 Å². The first-order chi connectivity index (χ1) is 9.83. The average Bonchev–Trinajstić information content (AvgIpc) is 2.50. The molecule has 1 aliphatic heterocycles. The fourth-order valence-electron chi connectivity index (χ4n) is 2.16. The Balaban J connectivity index is 2.16. The molecular formula is C16H21NO3. The van der Waals surface area contributed by atoms with Crippen molar-refractivity contribution >= 4 is 0 Å². The third-order valence-corrected chi connectivity index (χ3v) is 3.27. The first-order valence-electron chi connectivity index (χ1n) is 6.90. The molecule has 0 aromatic heterocycles. The van der Waals surface area contributed by atoms with Crippen LogP contribution in [0.25, 0.3) is 0 Å². The van der Waals surface area contributed by atoms with Crippen LogP contribution in [0.1, 0.15) is 17.5 Å². The van der Waals surface area contributed by atoms with Crippen LogP contribution in [0.15, 0.2) is 18.2 Å². The minimum absolute atomic E-state index is 0.0992. The molecule has 0 radical (unpaired) electrons. The van der Waals surface area contributed by atoms with Crippen molar-refractivity contribution in [3.05, 3.63) is 29.3 Å². The normalized spacial score (nSPS) is 15.5. The highest BCUT2D eigenvalue weighted by Crippen LogP contribution is 2.19. The number of hydrogen-bond donors (Lipinski definition) is 1. The third-order valence-electron chi connectivity index (χ3n) is 3.27. The number of methoxy groups -OCH3 is 1. The van der Waals surface area contributed by atoms with Gasteiger partial charge in [-0.1, -0.05) is 11.8 Å². The van der Waals surface area contributed by atoms with Crippen molar-refractivity contribution in [1.82, 2.24) is 4.90 Å². The average molecular weight is 275 g/mol. The number of hydrogen-bond acceptors (Lipinski definition) is 4. The quantitative estimate of drug-likeness (QED) is 0.840. The summed E-state index contributed by atoms with van der Waals surface area (Å²) in [5.41, 5.74) is 2.17. The van der Waals surface area contributed by atoms with Crippen molar-refractivity contribution in [3.63, 3.8) is 0 Å². The molecule has 0 atom stereocenters. The highest BCUT2D eigenvalue weighted by Gasteiger charge is 2.13. The lowest BCUT2D eigenvalue weighted by Gasteiger charge is -2.27. The van der Waals surface area contributed by atoms with Gasteiger partial charge >= 0.3 is 0 Å². The second kappa shape index (κ2) is 7.91.